The third-order valence-corrected chi connectivity index (χ3v) is 3.88. The molecule has 0 radical (unpaired) electrons. The van der Waals surface area contributed by atoms with Crippen molar-refractivity contribution in [3.05, 3.63) is 63.6 Å². The normalized spacial score (nSPS) is 12.0. The van der Waals surface area contributed by atoms with Crippen molar-refractivity contribution in [3.8, 4) is 0 Å². The molecule has 0 aliphatic rings. The number of nitrogens with one attached hydrogen (secondary N) is 2. The number of hydrogen-bond acceptors (Lipinski definition) is 2. The molecule has 0 aliphatic heterocycles. The van der Waals surface area contributed by atoms with Crippen molar-refractivity contribution in [3.63, 3.8) is 0 Å². The highest BCUT2D eigenvalue weighted by Crippen LogP contribution is 2.34. The van der Waals surface area contributed by atoms with E-state index in [1.807, 2.05) is 0 Å². The van der Waals surface area contributed by atoms with Gasteiger partial charge in [-0.05, 0) is 49.5 Å². The summed E-state index contributed by atoms with van der Waals surface area (Å²) in [6.07, 6.45) is -4.49. The largest absolute Gasteiger partial charge is 0.418 e. The lowest BCUT2D eigenvalue weighted by molar-refractivity contribution is -0.136. The molecular weight excluding hydrogens is 394 g/mol. The van der Waals surface area contributed by atoms with Crippen molar-refractivity contribution in [2.45, 2.75) is 13.1 Å². The smallest absolute Gasteiger partial charge is 0.331 e. The van der Waals surface area contributed by atoms with E-state index in [1.54, 1.807) is 25.1 Å². The number of hydrazone groups is 1. The van der Waals surface area contributed by atoms with Crippen LogP contribution >= 0.6 is 35.4 Å². The van der Waals surface area contributed by atoms with Crippen LogP contribution in [0.1, 0.15) is 18.1 Å². The van der Waals surface area contributed by atoms with Crippen LogP contribution in [0.3, 0.4) is 0 Å². The second-order valence-electron chi connectivity index (χ2n) is 4.93. The Morgan fingerprint density at radius 1 is 1.12 bits per heavy atom. The molecule has 132 valence electrons. The first kappa shape index (κ1) is 19.5. The second kappa shape index (κ2) is 8.03. The summed E-state index contributed by atoms with van der Waals surface area (Å²) in [5, 5.41) is 7.34. The lowest BCUT2D eigenvalue weighted by Crippen LogP contribution is -2.26. The Bertz CT molecular complexity index is 823. The van der Waals surface area contributed by atoms with E-state index in [-0.39, 0.29) is 10.8 Å². The van der Waals surface area contributed by atoms with E-state index in [0.29, 0.717) is 21.3 Å². The van der Waals surface area contributed by atoms with Crippen LogP contribution in [0.5, 0.6) is 0 Å². The molecule has 3 nitrogen and oxygen atoms in total. The van der Waals surface area contributed by atoms with E-state index in [2.05, 4.69) is 15.8 Å². The molecule has 0 fully saturated rings. The summed E-state index contributed by atoms with van der Waals surface area (Å²) in [6.45, 7) is 1.66. The van der Waals surface area contributed by atoms with E-state index >= 15 is 0 Å². The fourth-order valence-electron chi connectivity index (χ4n) is 1.96. The van der Waals surface area contributed by atoms with Gasteiger partial charge in [0.2, 0.25) is 0 Å². The Kier molecular flexibility index (Phi) is 6.26. The maximum atomic E-state index is 13.0. The zero-order valence-corrected chi connectivity index (χ0v) is 15.1. The van der Waals surface area contributed by atoms with Crippen LogP contribution < -0.4 is 10.7 Å². The fourth-order valence-corrected chi connectivity index (χ4v) is 2.54. The molecule has 25 heavy (non-hydrogen) atoms. The van der Waals surface area contributed by atoms with Crippen molar-refractivity contribution in [1.82, 2.24) is 5.43 Å². The van der Waals surface area contributed by atoms with Gasteiger partial charge in [0.05, 0.1) is 17.0 Å². The molecule has 0 amide bonds. The minimum atomic E-state index is -4.49. The van der Waals surface area contributed by atoms with Crippen LogP contribution in [0.25, 0.3) is 0 Å². The molecule has 0 atom stereocenters. The molecule has 0 saturated heterocycles. The molecule has 0 saturated carbocycles. The average molecular weight is 406 g/mol. The van der Waals surface area contributed by atoms with Gasteiger partial charge in [0.15, 0.2) is 5.11 Å². The summed E-state index contributed by atoms with van der Waals surface area (Å²) in [5.41, 5.74) is 2.56. The van der Waals surface area contributed by atoms with Crippen LogP contribution in [-0.4, -0.2) is 10.8 Å². The maximum absolute atomic E-state index is 13.0. The Morgan fingerprint density at radius 2 is 1.80 bits per heavy atom. The summed E-state index contributed by atoms with van der Waals surface area (Å²) in [4.78, 5) is 0. The SMILES string of the molecule is C/C(=N/NC(=S)Nc1ccccc1C(F)(F)F)c1cc(Cl)ccc1Cl. The van der Waals surface area contributed by atoms with Gasteiger partial charge in [-0.25, -0.2) is 0 Å². The van der Waals surface area contributed by atoms with Crippen LogP contribution in [0.4, 0.5) is 18.9 Å². The van der Waals surface area contributed by atoms with Crippen molar-refractivity contribution in [2.24, 2.45) is 5.10 Å². The van der Waals surface area contributed by atoms with Gasteiger partial charge in [-0.1, -0.05) is 35.3 Å². The molecular formula is C16H12Cl2F3N3S. The van der Waals surface area contributed by atoms with E-state index in [0.717, 1.165) is 6.07 Å². The monoisotopic (exact) mass is 405 g/mol. The molecule has 0 unspecified atom stereocenters. The standard InChI is InChI=1S/C16H12Cl2F3N3S/c1-9(11-8-10(17)6-7-13(11)18)23-24-15(25)22-14-5-3-2-4-12(14)16(19,20)21/h2-8H,1H3,(H2,22,24,25)/b23-9-. The van der Waals surface area contributed by atoms with E-state index in [1.165, 1.54) is 18.2 Å². The van der Waals surface area contributed by atoms with Crippen LogP contribution in [0.2, 0.25) is 10.0 Å². The number of benzene rings is 2. The number of alkyl halides is 3. The van der Waals surface area contributed by atoms with Crippen molar-refractivity contribution in [1.29, 1.82) is 0 Å². The van der Waals surface area contributed by atoms with Crippen LogP contribution in [0, 0.1) is 0 Å². The van der Waals surface area contributed by atoms with Crippen molar-refractivity contribution < 1.29 is 13.2 Å². The molecule has 0 bridgehead atoms. The van der Waals surface area contributed by atoms with E-state index < -0.39 is 11.7 Å². The summed E-state index contributed by atoms with van der Waals surface area (Å²) in [6, 6.07) is 9.89. The molecule has 2 aromatic carbocycles. The number of nitrogens with zero attached hydrogens (tertiary/aromatic N) is 1. The predicted octanol–water partition coefficient (Wildman–Crippen LogP) is 5.72. The van der Waals surface area contributed by atoms with E-state index in [4.69, 9.17) is 35.4 Å². The van der Waals surface area contributed by atoms with E-state index in [9.17, 15) is 13.2 Å². The summed E-state index contributed by atoms with van der Waals surface area (Å²) in [5.74, 6) is 0. The highest BCUT2D eigenvalue weighted by molar-refractivity contribution is 7.80. The maximum Gasteiger partial charge on any atom is 0.418 e. The lowest BCUT2D eigenvalue weighted by atomic mass is 10.1. The van der Waals surface area contributed by atoms with Gasteiger partial charge in [-0.3, -0.25) is 5.43 Å². The quantitative estimate of drug-likeness (QED) is 0.389. The molecule has 0 aromatic heterocycles. The summed E-state index contributed by atoms with van der Waals surface area (Å²) < 4.78 is 38.9. The number of hydrogen-bond donors (Lipinski definition) is 2. The molecule has 0 heterocycles. The Labute approximate surface area is 157 Å². The highest BCUT2D eigenvalue weighted by atomic mass is 35.5. The van der Waals surface area contributed by atoms with Crippen molar-refractivity contribution in [2.75, 3.05) is 5.32 Å². The minimum absolute atomic E-state index is 0.0887. The van der Waals surface area contributed by atoms with Gasteiger partial charge in [0, 0.05) is 15.6 Å². The van der Waals surface area contributed by atoms with Crippen LogP contribution in [0.15, 0.2) is 47.6 Å². The van der Waals surface area contributed by atoms with Gasteiger partial charge in [-0.2, -0.15) is 18.3 Å². The van der Waals surface area contributed by atoms with Gasteiger partial charge in [0.25, 0.3) is 0 Å². The Morgan fingerprint density at radius 3 is 2.48 bits per heavy atom. The van der Waals surface area contributed by atoms with Gasteiger partial charge in [-0.15, -0.1) is 0 Å². The second-order valence-corrected chi connectivity index (χ2v) is 6.18. The molecule has 9 heteroatoms. The molecule has 2 aromatic rings. The first-order valence-corrected chi connectivity index (χ1v) is 8.08. The lowest BCUT2D eigenvalue weighted by Gasteiger charge is -2.14. The number of thiocarbonyl (C=S) groups is 1. The molecule has 2 rings (SSSR count). The number of para-hydroxylation sites is 1. The Hall–Kier alpha value is -1.83. The van der Waals surface area contributed by atoms with Gasteiger partial charge in [0.1, 0.15) is 0 Å². The summed E-state index contributed by atoms with van der Waals surface area (Å²) >= 11 is 17.0. The van der Waals surface area contributed by atoms with Crippen LogP contribution in [-0.2, 0) is 6.18 Å². The minimum Gasteiger partial charge on any atom is -0.331 e. The topological polar surface area (TPSA) is 36.4 Å². The first-order valence-electron chi connectivity index (χ1n) is 6.91. The average Bonchev–Trinajstić information content (AvgIpc) is 2.54. The Balaban J connectivity index is 2.12. The van der Waals surface area contributed by atoms with Gasteiger partial charge < -0.3 is 5.32 Å². The molecule has 2 N–H and O–H groups in total. The van der Waals surface area contributed by atoms with Gasteiger partial charge >= 0.3 is 6.18 Å². The predicted molar refractivity (Wildman–Crippen MR) is 99.5 cm³/mol. The number of halogens is 5. The number of anilines is 1. The third kappa shape index (κ3) is 5.32. The summed E-state index contributed by atoms with van der Waals surface area (Å²) in [7, 11) is 0. The highest BCUT2D eigenvalue weighted by Gasteiger charge is 2.33. The zero-order valence-electron chi connectivity index (χ0n) is 12.8. The third-order valence-electron chi connectivity index (χ3n) is 3.12. The van der Waals surface area contributed by atoms with Crippen molar-refractivity contribution >= 4 is 51.9 Å². The fraction of sp³-hybridized carbons (Fsp3) is 0.125. The first-order chi connectivity index (χ1) is 11.7. The molecule has 0 aliphatic carbocycles. The number of rotatable bonds is 3. The molecule has 0 spiro atoms. The zero-order chi connectivity index (χ0) is 18.6.